The van der Waals surface area contributed by atoms with Gasteiger partial charge in [-0.3, -0.25) is 4.79 Å². The Morgan fingerprint density at radius 1 is 1.20 bits per heavy atom. The fourth-order valence-electron chi connectivity index (χ4n) is 2.84. The lowest BCUT2D eigenvalue weighted by Gasteiger charge is -2.08. The molecule has 1 saturated carbocycles. The van der Waals surface area contributed by atoms with Crippen molar-refractivity contribution < 1.29 is 18.0 Å². The monoisotopic (exact) mass is 344 g/mol. The molecule has 2 aromatic rings. The van der Waals surface area contributed by atoms with E-state index in [0.717, 1.165) is 23.3 Å². The number of nitrogens with one attached hydrogen (secondary N) is 1. The Bertz CT molecular complexity index is 822. The SMILES string of the molecule is N#Cc1cccc(CNC(=O)C2CC2c2ccc(C(F)(F)F)cc2)c1. The molecule has 6 heteroatoms. The Kier molecular flexibility index (Phi) is 4.49. The first-order chi connectivity index (χ1) is 11.9. The summed E-state index contributed by atoms with van der Waals surface area (Å²) in [6, 6.07) is 14.0. The Morgan fingerprint density at radius 3 is 2.56 bits per heavy atom. The summed E-state index contributed by atoms with van der Waals surface area (Å²) in [7, 11) is 0. The average Bonchev–Trinajstić information content (AvgIpc) is 3.40. The lowest BCUT2D eigenvalue weighted by Crippen LogP contribution is -2.24. The molecule has 0 bridgehead atoms. The van der Waals surface area contributed by atoms with E-state index in [1.54, 1.807) is 18.2 Å². The highest BCUT2D eigenvalue weighted by molar-refractivity contribution is 5.82. The molecule has 1 fully saturated rings. The lowest BCUT2D eigenvalue weighted by atomic mass is 10.1. The van der Waals surface area contributed by atoms with Crippen LogP contribution in [0.4, 0.5) is 13.2 Å². The molecular formula is C19H15F3N2O. The normalized spacial score (nSPS) is 19.1. The fraction of sp³-hybridized carbons (Fsp3) is 0.263. The van der Waals surface area contributed by atoms with Crippen LogP contribution in [0.1, 0.15) is 34.6 Å². The van der Waals surface area contributed by atoms with E-state index in [1.807, 2.05) is 12.1 Å². The van der Waals surface area contributed by atoms with Crippen LogP contribution in [0.25, 0.3) is 0 Å². The van der Waals surface area contributed by atoms with Gasteiger partial charge in [-0.2, -0.15) is 18.4 Å². The number of alkyl halides is 3. The first kappa shape index (κ1) is 17.0. The topological polar surface area (TPSA) is 52.9 Å². The molecule has 25 heavy (non-hydrogen) atoms. The molecule has 1 aliphatic carbocycles. The van der Waals surface area contributed by atoms with E-state index in [4.69, 9.17) is 5.26 Å². The third-order valence-electron chi connectivity index (χ3n) is 4.32. The van der Waals surface area contributed by atoms with Crippen LogP contribution in [0.15, 0.2) is 48.5 Å². The van der Waals surface area contributed by atoms with Gasteiger partial charge < -0.3 is 5.32 Å². The van der Waals surface area contributed by atoms with Gasteiger partial charge in [-0.15, -0.1) is 0 Å². The first-order valence-electron chi connectivity index (χ1n) is 7.82. The van der Waals surface area contributed by atoms with E-state index in [0.29, 0.717) is 18.5 Å². The summed E-state index contributed by atoms with van der Waals surface area (Å²) < 4.78 is 37.7. The molecular weight excluding hydrogens is 329 g/mol. The van der Waals surface area contributed by atoms with E-state index in [2.05, 4.69) is 5.32 Å². The summed E-state index contributed by atoms with van der Waals surface area (Å²) in [6.45, 7) is 0.324. The van der Waals surface area contributed by atoms with E-state index in [1.165, 1.54) is 12.1 Å². The smallest absolute Gasteiger partial charge is 0.352 e. The highest BCUT2D eigenvalue weighted by atomic mass is 19.4. The van der Waals surface area contributed by atoms with Gasteiger partial charge in [0.2, 0.25) is 5.91 Å². The maximum Gasteiger partial charge on any atom is 0.416 e. The quantitative estimate of drug-likeness (QED) is 0.911. The van der Waals surface area contributed by atoms with Gasteiger partial charge in [0.05, 0.1) is 17.2 Å². The molecule has 0 aromatic heterocycles. The molecule has 0 saturated heterocycles. The molecule has 1 N–H and O–H groups in total. The molecule has 128 valence electrons. The molecule has 0 aliphatic heterocycles. The number of carbonyl (C=O) groups excluding carboxylic acids is 1. The maximum absolute atomic E-state index is 12.6. The van der Waals surface area contributed by atoms with Crippen LogP contribution in [0.3, 0.4) is 0 Å². The second-order valence-electron chi connectivity index (χ2n) is 6.10. The van der Waals surface area contributed by atoms with E-state index in [-0.39, 0.29) is 17.7 Å². The van der Waals surface area contributed by atoms with Crippen molar-refractivity contribution in [2.24, 2.45) is 5.92 Å². The van der Waals surface area contributed by atoms with Gasteiger partial charge in [0.1, 0.15) is 0 Å². The van der Waals surface area contributed by atoms with E-state index in [9.17, 15) is 18.0 Å². The number of halogens is 3. The van der Waals surface area contributed by atoms with Gasteiger partial charge in [-0.05, 0) is 47.7 Å². The maximum atomic E-state index is 12.6. The van der Waals surface area contributed by atoms with Crippen molar-refractivity contribution in [1.82, 2.24) is 5.32 Å². The van der Waals surface area contributed by atoms with E-state index < -0.39 is 11.7 Å². The second-order valence-corrected chi connectivity index (χ2v) is 6.10. The Hall–Kier alpha value is -2.81. The third-order valence-corrected chi connectivity index (χ3v) is 4.32. The number of nitrogens with zero attached hydrogens (tertiary/aromatic N) is 1. The van der Waals surface area contributed by atoms with Crippen molar-refractivity contribution in [3.8, 4) is 6.07 Å². The van der Waals surface area contributed by atoms with Crippen LogP contribution in [0, 0.1) is 17.2 Å². The zero-order valence-electron chi connectivity index (χ0n) is 13.2. The molecule has 2 unspecified atom stereocenters. The number of amides is 1. The second kappa shape index (κ2) is 6.60. The van der Waals surface area contributed by atoms with Gasteiger partial charge in [-0.25, -0.2) is 0 Å². The zero-order valence-corrected chi connectivity index (χ0v) is 13.2. The minimum absolute atomic E-state index is 0.0345. The molecule has 3 nitrogen and oxygen atoms in total. The largest absolute Gasteiger partial charge is 0.416 e. The molecule has 0 heterocycles. The summed E-state index contributed by atoms with van der Waals surface area (Å²) in [5, 5.41) is 11.7. The molecule has 2 atom stereocenters. The van der Waals surface area contributed by atoms with Crippen molar-refractivity contribution in [1.29, 1.82) is 5.26 Å². The number of rotatable bonds is 4. The molecule has 1 aliphatic rings. The molecule has 3 rings (SSSR count). The number of hydrogen-bond acceptors (Lipinski definition) is 2. The summed E-state index contributed by atoms with van der Waals surface area (Å²) in [5.74, 6) is -0.365. The number of nitriles is 1. The predicted octanol–water partition coefficient (Wildman–Crippen LogP) is 4.00. The predicted molar refractivity (Wildman–Crippen MR) is 85.3 cm³/mol. The standard InChI is InChI=1S/C19H15F3N2O/c20-19(21,22)15-6-4-14(5-7-15)16-9-17(16)18(25)24-11-13-3-1-2-12(8-13)10-23/h1-8,16-17H,9,11H2,(H,24,25). The number of hydrogen-bond donors (Lipinski definition) is 1. The highest BCUT2D eigenvalue weighted by Crippen LogP contribution is 2.48. The van der Waals surface area contributed by atoms with Crippen molar-refractivity contribution in [3.63, 3.8) is 0 Å². The van der Waals surface area contributed by atoms with Crippen molar-refractivity contribution in [2.75, 3.05) is 0 Å². The van der Waals surface area contributed by atoms with Gasteiger partial charge >= 0.3 is 6.18 Å². The number of benzene rings is 2. The first-order valence-corrected chi connectivity index (χ1v) is 7.82. The van der Waals surface area contributed by atoms with Crippen molar-refractivity contribution >= 4 is 5.91 Å². The van der Waals surface area contributed by atoms with Crippen LogP contribution in [0.5, 0.6) is 0 Å². The minimum atomic E-state index is -4.35. The van der Waals surface area contributed by atoms with Crippen LogP contribution in [-0.4, -0.2) is 5.91 Å². The van der Waals surface area contributed by atoms with E-state index >= 15 is 0 Å². The van der Waals surface area contributed by atoms with Crippen molar-refractivity contribution in [3.05, 3.63) is 70.8 Å². The third kappa shape index (κ3) is 4.00. The highest BCUT2D eigenvalue weighted by Gasteiger charge is 2.44. The van der Waals surface area contributed by atoms with Crippen LogP contribution < -0.4 is 5.32 Å². The molecule has 1 amide bonds. The minimum Gasteiger partial charge on any atom is -0.352 e. The van der Waals surface area contributed by atoms with Gasteiger partial charge in [0, 0.05) is 12.5 Å². The fourth-order valence-corrected chi connectivity index (χ4v) is 2.84. The zero-order chi connectivity index (χ0) is 18.0. The molecule has 0 spiro atoms. The Labute approximate surface area is 143 Å². The average molecular weight is 344 g/mol. The molecule has 2 aromatic carbocycles. The van der Waals surface area contributed by atoms with Crippen LogP contribution >= 0.6 is 0 Å². The lowest BCUT2D eigenvalue weighted by molar-refractivity contribution is -0.137. The Balaban J connectivity index is 1.56. The van der Waals surface area contributed by atoms with Crippen LogP contribution in [0.2, 0.25) is 0 Å². The molecule has 0 radical (unpaired) electrons. The number of carbonyl (C=O) groups is 1. The summed E-state index contributed by atoms with van der Waals surface area (Å²) >= 11 is 0. The summed E-state index contributed by atoms with van der Waals surface area (Å²) in [4.78, 5) is 12.2. The van der Waals surface area contributed by atoms with Gasteiger partial charge in [0.25, 0.3) is 0 Å². The summed E-state index contributed by atoms with van der Waals surface area (Å²) in [5.41, 5.74) is 1.43. The Morgan fingerprint density at radius 2 is 1.92 bits per heavy atom. The van der Waals surface area contributed by atoms with Gasteiger partial charge in [0.15, 0.2) is 0 Å². The summed E-state index contributed by atoms with van der Waals surface area (Å²) in [6.07, 6.45) is -3.72. The van der Waals surface area contributed by atoms with Crippen molar-refractivity contribution in [2.45, 2.75) is 25.1 Å². The van der Waals surface area contributed by atoms with Gasteiger partial charge in [-0.1, -0.05) is 24.3 Å². The van der Waals surface area contributed by atoms with Crippen LogP contribution in [-0.2, 0) is 17.5 Å².